The van der Waals surface area contributed by atoms with E-state index in [1.165, 1.54) is 48.8 Å². The van der Waals surface area contributed by atoms with Gasteiger partial charge in [0.2, 0.25) is 0 Å². The lowest BCUT2D eigenvalue weighted by Gasteiger charge is -2.35. The molecule has 2 fully saturated rings. The number of benzene rings is 1. The molecule has 4 rings (SSSR count). The molecule has 0 saturated carbocycles. The predicted molar refractivity (Wildman–Crippen MR) is 113 cm³/mol. The number of ether oxygens (including phenoxy) is 2. The number of nitrogens with zero attached hydrogens (tertiary/aromatic N) is 2. The standard InChI is InChI=1S/C23H35N3O2/c1-24-23(25-16-18-8-9-19-5-4-6-20(19)15-18)26-12-10-21(11-13-26)28-17-22-7-2-3-14-27-22/h8-9,15,21-22H,2-7,10-14,16-17H2,1H3,(H,24,25). The Balaban J connectivity index is 1.20. The molecule has 0 aromatic heterocycles. The third kappa shape index (κ3) is 5.06. The molecule has 5 heteroatoms. The summed E-state index contributed by atoms with van der Waals surface area (Å²) in [7, 11) is 1.88. The number of nitrogens with one attached hydrogen (secondary N) is 1. The van der Waals surface area contributed by atoms with Crippen molar-refractivity contribution in [3.63, 3.8) is 0 Å². The van der Waals surface area contributed by atoms with Crippen LogP contribution in [0.4, 0.5) is 0 Å². The molecule has 1 aromatic rings. The van der Waals surface area contributed by atoms with E-state index in [-0.39, 0.29) is 0 Å². The van der Waals surface area contributed by atoms with E-state index in [0.29, 0.717) is 12.2 Å². The minimum absolute atomic E-state index is 0.313. The molecule has 154 valence electrons. The van der Waals surface area contributed by atoms with Gasteiger partial charge in [0.1, 0.15) is 0 Å². The largest absolute Gasteiger partial charge is 0.376 e. The van der Waals surface area contributed by atoms with E-state index in [2.05, 4.69) is 33.4 Å². The molecule has 1 atom stereocenters. The first-order valence-corrected chi connectivity index (χ1v) is 11.1. The quantitative estimate of drug-likeness (QED) is 0.624. The maximum absolute atomic E-state index is 6.14. The molecule has 1 aliphatic carbocycles. The van der Waals surface area contributed by atoms with E-state index < -0.39 is 0 Å². The number of hydrogen-bond acceptors (Lipinski definition) is 3. The molecule has 1 aromatic carbocycles. The highest BCUT2D eigenvalue weighted by atomic mass is 16.5. The third-order valence-corrected chi connectivity index (χ3v) is 6.36. The maximum atomic E-state index is 6.14. The first-order chi connectivity index (χ1) is 13.8. The first kappa shape index (κ1) is 19.7. The number of likely N-dealkylation sites (tertiary alicyclic amines) is 1. The normalized spacial score (nSPS) is 23.7. The summed E-state index contributed by atoms with van der Waals surface area (Å²) in [6, 6.07) is 6.94. The van der Waals surface area contributed by atoms with Crippen LogP contribution in [-0.2, 0) is 28.9 Å². The van der Waals surface area contributed by atoms with Crippen LogP contribution in [0, 0.1) is 0 Å². The van der Waals surface area contributed by atoms with Gasteiger partial charge < -0.3 is 19.7 Å². The van der Waals surface area contributed by atoms with Crippen LogP contribution in [0.1, 0.15) is 55.2 Å². The van der Waals surface area contributed by atoms with E-state index in [4.69, 9.17) is 9.47 Å². The summed E-state index contributed by atoms with van der Waals surface area (Å²) >= 11 is 0. The second kappa shape index (κ2) is 9.75. The summed E-state index contributed by atoms with van der Waals surface area (Å²) in [4.78, 5) is 6.88. The number of rotatable bonds is 5. The molecule has 2 aliphatic heterocycles. The van der Waals surface area contributed by atoms with Crippen molar-refractivity contribution in [3.05, 3.63) is 34.9 Å². The van der Waals surface area contributed by atoms with Gasteiger partial charge in [-0.1, -0.05) is 18.2 Å². The summed E-state index contributed by atoms with van der Waals surface area (Å²) in [5, 5.41) is 3.56. The zero-order valence-corrected chi connectivity index (χ0v) is 17.3. The Kier molecular flexibility index (Phi) is 6.86. The van der Waals surface area contributed by atoms with Crippen LogP contribution in [0.15, 0.2) is 23.2 Å². The SMILES string of the molecule is CN=C(NCc1ccc2c(c1)CCC2)N1CCC(OCC2CCCCO2)CC1. The predicted octanol–water partition coefficient (Wildman–Crippen LogP) is 3.30. The summed E-state index contributed by atoms with van der Waals surface area (Å²) in [5.41, 5.74) is 4.43. The molecule has 0 spiro atoms. The number of aryl methyl sites for hydroxylation is 2. The van der Waals surface area contributed by atoms with Crippen LogP contribution in [-0.4, -0.2) is 56.4 Å². The van der Waals surface area contributed by atoms with Crippen molar-refractivity contribution in [3.8, 4) is 0 Å². The average Bonchev–Trinajstić information content (AvgIpc) is 3.22. The second-order valence-electron chi connectivity index (χ2n) is 8.37. The van der Waals surface area contributed by atoms with Gasteiger partial charge in [-0.2, -0.15) is 0 Å². The molecular formula is C23H35N3O2. The molecule has 0 bridgehead atoms. The van der Waals surface area contributed by atoms with Crippen molar-refractivity contribution >= 4 is 5.96 Å². The van der Waals surface area contributed by atoms with Crippen LogP contribution in [0.5, 0.6) is 0 Å². The fraction of sp³-hybridized carbons (Fsp3) is 0.696. The average molecular weight is 386 g/mol. The number of guanidine groups is 1. The molecule has 2 heterocycles. The fourth-order valence-electron chi connectivity index (χ4n) is 4.67. The number of piperidine rings is 1. The highest BCUT2D eigenvalue weighted by Gasteiger charge is 2.23. The van der Waals surface area contributed by atoms with Gasteiger partial charge >= 0.3 is 0 Å². The zero-order valence-electron chi connectivity index (χ0n) is 17.3. The van der Waals surface area contributed by atoms with Crippen molar-refractivity contribution in [2.24, 2.45) is 4.99 Å². The van der Waals surface area contributed by atoms with Gasteiger partial charge in [-0.25, -0.2) is 0 Å². The molecule has 0 radical (unpaired) electrons. The number of hydrogen-bond donors (Lipinski definition) is 1. The van der Waals surface area contributed by atoms with Gasteiger partial charge in [0.25, 0.3) is 0 Å². The Hall–Kier alpha value is -1.59. The summed E-state index contributed by atoms with van der Waals surface area (Å²) < 4.78 is 11.9. The monoisotopic (exact) mass is 385 g/mol. The Morgan fingerprint density at radius 1 is 1.14 bits per heavy atom. The second-order valence-corrected chi connectivity index (χ2v) is 8.37. The molecular weight excluding hydrogens is 350 g/mol. The van der Waals surface area contributed by atoms with Gasteiger partial charge in [-0.3, -0.25) is 4.99 Å². The molecule has 1 unspecified atom stereocenters. The molecule has 0 amide bonds. The Morgan fingerprint density at radius 2 is 2.00 bits per heavy atom. The topological polar surface area (TPSA) is 46.1 Å². The third-order valence-electron chi connectivity index (χ3n) is 6.36. The van der Waals surface area contributed by atoms with Crippen molar-refractivity contribution in [1.82, 2.24) is 10.2 Å². The van der Waals surface area contributed by atoms with E-state index >= 15 is 0 Å². The lowest BCUT2D eigenvalue weighted by molar-refractivity contribution is -0.0721. The highest BCUT2D eigenvalue weighted by Crippen LogP contribution is 2.23. The van der Waals surface area contributed by atoms with Crippen LogP contribution >= 0.6 is 0 Å². The van der Waals surface area contributed by atoms with Gasteiger partial charge in [0.05, 0.1) is 18.8 Å². The summed E-state index contributed by atoms with van der Waals surface area (Å²) in [6.45, 7) is 4.50. The van der Waals surface area contributed by atoms with E-state index in [1.54, 1.807) is 0 Å². The van der Waals surface area contributed by atoms with Gasteiger partial charge in [-0.15, -0.1) is 0 Å². The number of aliphatic imine (C=N–C) groups is 1. The van der Waals surface area contributed by atoms with Gasteiger partial charge in [-0.05, 0) is 68.1 Å². The molecule has 5 nitrogen and oxygen atoms in total. The van der Waals surface area contributed by atoms with Crippen LogP contribution in [0.25, 0.3) is 0 Å². The maximum Gasteiger partial charge on any atom is 0.193 e. The van der Waals surface area contributed by atoms with Crippen LogP contribution in [0.3, 0.4) is 0 Å². The lowest BCUT2D eigenvalue weighted by Crippen LogP contribution is -2.47. The molecule has 3 aliphatic rings. The Bertz CT molecular complexity index is 662. The van der Waals surface area contributed by atoms with Crippen LogP contribution in [0.2, 0.25) is 0 Å². The summed E-state index contributed by atoms with van der Waals surface area (Å²) in [6.07, 6.45) is 10.2. The van der Waals surface area contributed by atoms with Crippen molar-refractivity contribution in [2.75, 3.05) is 33.4 Å². The summed E-state index contributed by atoms with van der Waals surface area (Å²) in [5.74, 6) is 1.01. The minimum atomic E-state index is 0.313. The van der Waals surface area contributed by atoms with E-state index in [9.17, 15) is 0 Å². The van der Waals surface area contributed by atoms with E-state index in [1.807, 2.05) is 7.05 Å². The Morgan fingerprint density at radius 3 is 2.79 bits per heavy atom. The van der Waals surface area contributed by atoms with Gasteiger partial charge in [0, 0.05) is 33.3 Å². The van der Waals surface area contributed by atoms with E-state index in [0.717, 1.165) is 58.1 Å². The fourth-order valence-corrected chi connectivity index (χ4v) is 4.67. The van der Waals surface area contributed by atoms with Crippen molar-refractivity contribution in [1.29, 1.82) is 0 Å². The minimum Gasteiger partial charge on any atom is -0.376 e. The highest BCUT2D eigenvalue weighted by molar-refractivity contribution is 5.80. The zero-order chi connectivity index (χ0) is 19.2. The van der Waals surface area contributed by atoms with Crippen molar-refractivity contribution < 1.29 is 9.47 Å². The van der Waals surface area contributed by atoms with Crippen molar-refractivity contribution in [2.45, 2.75) is 70.1 Å². The van der Waals surface area contributed by atoms with Crippen LogP contribution < -0.4 is 5.32 Å². The van der Waals surface area contributed by atoms with Gasteiger partial charge in [0.15, 0.2) is 5.96 Å². The lowest BCUT2D eigenvalue weighted by atomic mass is 10.1. The first-order valence-electron chi connectivity index (χ1n) is 11.1. The molecule has 1 N–H and O–H groups in total. The number of fused-ring (bicyclic) bond motifs is 1. The molecule has 2 saturated heterocycles. The smallest absolute Gasteiger partial charge is 0.193 e. The Labute approximate surface area is 169 Å². The molecule has 28 heavy (non-hydrogen) atoms.